The topological polar surface area (TPSA) is 63.3 Å². The number of benzene rings is 1. The maximum absolute atomic E-state index is 10.7. The van der Waals surface area contributed by atoms with Gasteiger partial charge < -0.3 is 10.8 Å². The van der Waals surface area contributed by atoms with Crippen LogP contribution in [0, 0.1) is 0 Å². The fourth-order valence-electron chi connectivity index (χ4n) is 1.44. The van der Waals surface area contributed by atoms with E-state index in [4.69, 9.17) is 10.8 Å². The molecule has 15 heavy (non-hydrogen) atoms. The molecule has 0 aliphatic rings. The Morgan fingerprint density at radius 2 is 2.07 bits per heavy atom. The zero-order valence-electron chi connectivity index (χ0n) is 9.10. The lowest BCUT2D eigenvalue weighted by molar-refractivity contribution is -0.138. The summed E-state index contributed by atoms with van der Waals surface area (Å²) in [6.07, 6.45) is 1.03. The molecule has 1 aromatic rings. The van der Waals surface area contributed by atoms with E-state index in [0.717, 1.165) is 12.0 Å². The first-order chi connectivity index (χ1) is 7.06. The van der Waals surface area contributed by atoms with Gasteiger partial charge in [-0.15, -0.1) is 0 Å². The van der Waals surface area contributed by atoms with Crippen molar-refractivity contribution in [3.8, 4) is 0 Å². The van der Waals surface area contributed by atoms with Crippen molar-refractivity contribution >= 4 is 5.97 Å². The summed E-state index contributed by atoms with van der Waals surface area (Å²) < 4.78 is 0. The predicted molar refractivity (Wildman–Crippen MR) is 59.7 cm³/mol. The minimum absolute atomic E-state index is 0.436. The molecule has 2 atom stereocenters. The van der Waals surface area contributed by atoms with Crippen molar-refractivity contribution in [2.75, 3.05) is 0 Å². The van der Waals surface area contributed by atoms with E-state index in [9.17, 15) is 4.79 Å². The quantitative estimate of drug-likeness (QED) is 0.796. The van der Waals surface area contributed by atoms with Gasteiger partial charge in [0.05, 0.1) is 0 Å². The molecule has 3 heteroatoms. The Kier molecular flexibility index (Phi) is 3.86. The number of carboxylic acid groups (broad SMARTS) is 1. The molecule has 0 fully saturated rings. The highest BCUT2D eigenvalue weighted by Gasteiger charge is 2.14. The van der Waals surface area contributed by atoms with Crippen LogP contribution in [0.15, 0.2) is 24.3 Å². The number of hydrogen-bond donors (Lipinski definition) is 2. The SMILES string of the molecule is CCC(C)c1cccc(C(N)C(=O)O)c1. The molecule has 3 nitrogen and oxygen atoms in total. The highest BCUT2D eigenvalue weighted by Crippen LogP contribution is 2.21. The number of rotatable bonds is 4. The van der Waals surface area contributed by atoms with Crippen molar-refractivity contribution in [1.82, 2.24) is 0 Å². The van der Waals surface area contributed by atoms with Crippen LogP contribution in [0.2, 0.25) is 0 Å². The Morgan fingerprint density at radius 1 is 1.47 bits per heavy atom. The van der Waals surface area contributed by atoms with E-state index in [1.807, 2.05) is 18.2 Å². The maximum atomic E-state index is 10.7. The summed E-state index contributed by atoms with van der Waals surface area (Å²) in [6, 6.07) is 6.58. The van der Waals surface area contributed by atoms with Crippen LogP contribution in [0.1, 0.15) is 43.4 Å². The van der Waals surface area contributed by atoms with E-state index in [1.54, 1.807) is 6.07 Å². The average Bonchev–Trinajstić information content (AvgIpc) is 2.27. The minimum Gasteiger partial charge on any atom is -0.480 e. The average molecular weight is 207 g/mol. The van der Waals surface area contributed by atoms with Gasteiger partial charge in [0.1, 0.15) is 6.04 Å². The van der Waals surface area contributed by atoms with Crippen molar-refractivity contribution < 1.29 is 9.90 Å². The number of carbonyl (C=O) groups is 1. The van der Waals surface area contributed by atoms with Gasteiger partial charge in [0, 0.05) is 0 Å². The zero-order chi connectivity index (χ0) is 11.4. The fourth-order valence-corrected chi connectivity index (χ4v) is 1.44. The highest BCUT2D eigenvalue weighted by molar-refractivity contribution is 5.75. The molecule has 2 unspecified atom stereocenters. The molecular weight excluding hydrogens is 190 g/mol. The Labute approximate surface area is 89.9 Å². The Hall–Kier alpha value is -1.35. The smallest absolute Gasteiger partial charge is 0.325 e. The van der Waals surface area contributed by atoms with Crippen molar-refractivity contribution in [3.63, 3.8) is 0 Å². The van der Waals surface area contributed by atoms with Crippen LogP contribution in [0.5, 0.6) is 0 Å². The highest BCUT2D eigenvalue weighted by atomic mass is 16.4. The molecule has 0 heterocycles. The lowest BCUT2D eigenvalue weighted by atomic mass is 9.95. The van der Waals surface area contributed by atoms with Crippen molar-refractivity contribution in [1.29, 1.82) is 0 Å². The van der Waals surface area contributed by atoms with Crippen LogP contribution in [-0.4, -0.2) is 11.1 Å². The minimum atomic E-state index is -0.990. The van der Waals surface area contributed by atoms with Crippen LogP contribution in [0.25, 0.3) is 0 Å². The lowest BCUT2D eigenvalue weighted by Gasteiger charge is -2.12. The fraction of sp³-hybridized carbons (Fsp3) is 0.417. The summed E-state index contributed by atoms with van der Waals surface area (Å²) in [7, 11) is 0. The predicted octanol–water partition coefficient (Wildman–Crippen LogP) is 2.28. The van der Waals surface area contributed by atoms with Crippen molar-refractivity contribution in [2.45, 2.75) is 32.2 Å². The van der Waals surface area contributed by atoms with E-state index < -0.39 is 12.0 Å². The molecule has 0 spiro atoms. The van der Waals surface area contributed by atoms with E-state index in [-0.39, 0.29) is 0 Å². The normalized spacial score (nSPS) is 14.6. The number of hydrogen-bond acceptors (Lipinski definition) is 2. The van der Waals surface area contributed by atoms with Gasteiger partial charge in [-0.2, -0.15) is 0 Å². The standard InChI is InChI=1S/C12H17NO2/c1-3-8(2)9-5-4-6-10(7-9)11(13)12(14)15/h4-8,11H,3,13H2,1-2H3,(H,14,15). The Balaban J connectivity index is 2.97. The summed E-state index contributed by atoms with van der Waals surface area (Å²) in [6.45, 7) is 4.22. The maximum Gasteiger partial charge on any atom is 0.325 e. The third kappa shape index (κ3) is 2.80. The molecule has 0 aliphatic heterocycles. The molecule has 0 amide bonds. The van der Waals surface area contributed by atoms with Gasteiger partial charge in [0.25, 0.3) is 0 Å². The molecule has 0 bridgehead atoms. The molecule has 3 N–H and O–H groups in total. The van der Waals surface area contributed by atoms with Gasteiger partial charge in [-0.1, -0.05) is 38.1 Å². The first-order valence-corrected chi connectivity index (χ1v) is 5.14. The van der Waals surface area contributed by atoms with E-state index in [2.05, 4.69) is 13.8 Å². The Bertz CT molecular complexity index is 349. The third-order valence-electron chi connectivity index (χ3n) is 2.72. The van der Waals surface area contributed by atoms with Crippen LogP contribution in [0.4, 0.5) is 0 Å². The monoisotopic (exact) mass is 207 g/mol. The molecule has 0 aromatic heterocycles. The van der Waals surface area contributed by atoms with Crippen LogP contribution >= 0.6 is 0 Å². The van der Waals surface area contributed by atoms with Crippen molar-refractivity contribution in [2.24, 2.45) is 5.73 Å². The van der Waals surface area contributed by atoms with Gasteiger partial charge in [-0.3, -0.25) is 4.79 Å². The van der Waals surface area contributed by atoms with Gasteiger partial charge in [-0.05, 0) is 23.5 Å². The lowest BCUT2D eigenvalue weighted by Crippen LogP contribution is -2.20. The molecule has 0 saturated heterocycles. The van der Waals surface area contributed by atoms with Crippen LogP contribution < -0.4 is 5.73 Å². The summed E-state index contributed by atoms with van der Waals surface area (Å²) in [5.41, 5.74) is 7.36. The van der Waals surface area contributed by atoms with Crippen LogP contribution in [-0.2, 0) is 4.79 Å². The summed E-state index contributed by atoms with van der Waals surface area (Å²) in [4.78, 5) is 10.7. The zero-order valence-corrected chi connectivity index (χ0v) is 9.10. The van der Waals surface area contributed by atoms with Gasteiger partial charge in [0.2, 0.25) is 0 Å². The van der Waals surface area contributed by atoms with E-state index in [1.165, 1.54) is 0 Å². The molecule has 1 rings (SSSR count). The molecule has 0 saturated carbocycles. The molecule has 0 aliphatic carbocycles. The number of nitrogens with two attached hydrogens (primary N) is 1. The van der Waals surface area contributed by atoms with Gasteiger partial charge in [-0.25, -0.2) is 0 Å². The third-order valence-corrected chi connectivity index (χ3v) is 2.72. The van der Waals surface area contributed by atoms with Crippen molar-refractivity contribution in [3.05, 3.63) is 35.4 Å². The summed E-state index contributed by atoms with van der Waals surface area (Å²) in [5, 5.41) is 8.80. The largest absolute Gasteiger partial charge is 0.480 e. The van der Waals surface area contributed by atoms with E-state index >= 15 is 0 Å². The number of carboxylic acids is 1. The van der Waals surface area contributed by atoms with Crippen LogP contribution in [0.3, 0.4) is 0 Å². The summed E-state index contributed by atoms with van der Waals surface area (Å²) >= 11 is 0. The first kappa shape index (κ1) is 11.7. The second-order valence-electron chi connectivity index (χ2n) is 3.80. The molecule has 0 radical (unpaired) electrons. The van der Waals surface area contributed by atoms with Gasteiger partial charge in [0.15, 0.2) is 0 Å². The molecule has 1 aromatic carbocycles. The second kappa shape index (κ2) is 4.94. The van der Waals surface area contributed by atoms with Gasteiger partial charge >= 0.3 is 5.97 Å². The second-order valence-corrected chi connectivity index (χ2v) is 3.80. The molecular formula is C12H17NO2. The molecule has 82 valence electrons. The first-order valence-electron chi connectivity index (χ1n) is 5.14. The van der Waals surface area contributed by atoms with E-state index in [0.29, 0.717) is 11.5 Å². The summed E-state index contributed by atoms with van der Waals surface area (Å²) in [5.74, 6) is -0.553. The Morgan fingerprint density at radius 3 is 2.60 bits per heavy atom. The number of aliphatic carboxylic acids is 1.